The highest BCUT2D eigenvalue weighted by Gasteiger charge is 2.13. The Balaban J connectivity index is 2.78. The molecule has 1 rings (SSSR count). The van der Waals surface area contributed by atoms with Crippen LogP contribution in [0.1, 0.15) is 31.9 Å². The van der Waals surface area contributed by atoms with Crippen molar-refractivity contribution in [3.05, 3.63) is 39.9 Å². The molecule has 94 valence electrons. The van der Waals surface area contributed by atoms with Crippen molar-refractivity contribution in [1.29, 1.82) is 0 Å². The molecule has 1 unspecified atom stereocenters. The molecule has 1 aromatic carbocycles. The summed E-state index contributed by atoms with van der Waals surface area (Å²) in [6, 6.07) is 6.54. The van der Waals surface area contributed by atoms with Crippen LogP contribution in [0.3, 0.4) is 0 Å². The fourth-order valence-electron chi connectivity index (χ4n) is 1.66. The third kappa shape index (κ3) is 3.80. The van der Waals surface area contributed by atoms with E-state index in [1.807, 2.05) is 19.9 Å². The molecule has 0 fully saturated rings. The topological polar surface area (TPSA) is 75.4 Å². The summed E-state index contributed by atoms with van der Waals surface area (Å²) in [5.74, 6) is 0. The number of nitrogens with one attached hydrogen (secondary N) is 1. The summed E-state index contributed by atoms with van der Waals surface area (Å²) in [7, 11) is 0. The molecule has 5 nitrogen and oxygen atoms in total. The van der Waals surface area contributed by atoms with Crippen LogP contribution in [0.25, 0.3) is 0 Å². The Morgan fingerprint density at radius 1 is 1.53 bits per heavy atom. The van der Waals surface area contributed by atoms with Gasteiger partial charge in [0.2, 0.25) is 0 Å². The normalized spacial score (nSPS) is 14.3. The third-order valence-corrected chi connectivity index (χ3v) is 2.78. The van der Waals surface area contributed by atoms with Gasteiger partial charge in [0.15, 0.2) is 0 Å². The summed E-state index contributed by atoms with van der Waals surface area (Å²) in [6.45, 7) is 3.97. The molecule has 0 saturated heterocycles. The maximum atomic E-state index is 10.7. The number of nitro groups is 1. The molecule has 0 heterocycles. The number of rotatable bonds is 6. The first-order valence-electron chi connectivity index (χ1n) is 5.69. The van der Waals surface area contributed by atoms with E-state index in [2.05, 4.69) is 5.32 Å². The average Bonchev–Trinajstić information content (AvgIpc) is 2.35. The summed E-state index contributed by atoms with van der Waals surface area (Å²) in [4.78, 5) is 10.3. The second-order valence-corrected chi connectivity index (χ2v) is 4.03. The minimum absolute atomic E-state index is 0.0178. The Labute approximate surface area is 101 Å². The zero-order chi connectivity index (χ0) is 12.8. The number of non-ortho nitro benzene ring substituents is 1. The quantitative estimate of drug-likeness (QED) is 0.587. The number of aliphatic hydroxyl groups excluding tert-OH is 1. The first-order valence-corrected chi connectivity index (χ1v) is 5.69. The molecule has 0 radical (unpaired) electrons. The van der Waals surface area contributed by atoms with Gasteiger partial charge in [-0.2, -0.15) is 0 Å². The Kier molecular flexibility index (Phi) is 5.06. The highest BCUT2D eigenvalue weighted by atomic mass is 16.6. The predicted octanol–water partition coefficient (Wildman–Crippen LogP) is 2.02. The molecule has 0 aromatic heterocycles. The van der Waals surface area contributed by atoms with Gasteiger partial charge in [0.25, 0.3) is 5.69 Å². The summed E-state index contributed by atoms with van der Waals surface area (Å²) >= 11 is 0. The zero-order valence-corrected chi connectivity index (χ0v) is 10.1. The lowest BCUT2D eigenvalue weighted by Crippen LogP contribution is -2.33. The third-order valence-electron chi connectivity index (χ3n) is 2.78. The Morgan fingerprint density at radius 2 is 2.24 bits per heavy atom. The van der Waals surface area contributed by atoms with E-state index in [9.17, 15) is 10.1 Å². The van der Waals surface area contributed by atoms with E-state index in [1.165, 1.54) is 6.07 Å². The number of hydrogen-bond donors (Lipinski definition) is 2. The van der Waals surface area contributed by atoms with Crippen LogP contribution in [0.15, 0.2) is 24.3 Å². The first-order chi connectivity index (χ1) is 8.08. The molecule has 0 spiro atoms. The van der Waals surface area contributed by atoms with Crippen molar-refractivity contribution in [3.63, 3.8) is 0 Å². The molecule has 17 heavy (non-hydrogen) atoms. The van der Waals surface area contributed by atoms with Crippen molar-refractivity contribution in [1.82, 2.24) is 5.32 Å². The number of nitrogens with zero attached hydrogens (tertiary/aromatic N) is 1. The summed E-state index contributed by atoms with van der Waals surface area (Å²) in [5.41, 5.74) is 0.944. The van der Waals surface area contributed by atoms with Crippen LogP contribution >= 0.6 is 0 Å². The molecule has 0 aliphatic rings. The van der Waals surface area contributed by atoms with Crippen LogP contribution in [0.5, 0.6) is 0 Å². The van der Waals surface area contributed by atoms with Crippen LogP contribution in [-0.2, 0) is 0 Å². The minimum atomic E-state index is -0.403. The number of benzene rings is 1. The van der Waals surface area contributed by atoms with E-state index in [-0.39, 0.29) is 24.4 Å². The molecule has 1 aromatic rings. The van der Waals surface area contributed by atoms with Gasteiger partial charge in [0, 0.05) is 24.2 Å². The van der Waals surface area contributed by atoms with Crippen LogP contribution in [-0.4, -0.2) is 22.7 Å². The summed E-state index contributed by atoms with van der Waals surface area (Å²) in [5, 5.41) is 23.0. The minimum Gasteiger partial charge on any atom is -0.395 e. The van der Waals surface area contributed by atoms with E-state index < -0.39 is 4.92 Å². The van der Waals surface area contributed by atoms with Crippen LogP contribution in [0.4, 0.5) is 5.69 Å². The van der Waals surface area contributed by atoms with E-state index in [1.54, 1.807) is 12.1 Å². The maximum absolute atomic E-state index is 10.7. The number of hydrogen-bond acceptors (Lipinski definition) is 4. The number of nitro benzene ring substituents is 1. The largest absolute Gasteiger partial charge is 0.395 e. The van der Waals surface area contributed by atoms with Crippen molar-refractivity contribution in [2.75, 3.05) is 6.61 Å². The highest BCUT2D eigenvalue weighted by Crippen LogP contribution is 2.19. The molecular weight excluding hydrogens is 220 g/mol. The lowest BCUT2D eigenvalue weighted by molar-refractivity contribution is -0.384. The van der Waals surface area contributed by atoms with Gasteiger partial charge in [-0.1, -0.05) is 19.1 Å². The monoisotopic (exact) mass is 238 g/mol. The van der Waals surface area contributed by atoms with Crippen molar-refractivity contribution in [2.24, 2.45) is 0 Å². The summed E-state index contributed by atoms with van der Waals surface area (Å²) in [6.07, 6.45) is 0.815. The standard InChI is InChI=1S/C12H18N2O3/c1-3-11(8-15)13-9(2)10-5-4-6-12(7-10)14(16)17/h4-7,9,11,13,15H,3,8H2,1-2H3/t9?,11-/m0/s1. The van der Waals surface area contributed by atoms with Gasteiger partial charge in [0.1, 0.15) is 0 Å². The molecule has 0 aliphatic carbocycles. The van der Waals surface area contributed by atoms with Crippen LogP contribution in [0, 0.1) is 10.1 Å². The zero-order valence-electron chi connectivity index (χ0n) is 10.1. The highest BCUT2D eigenvalue weighted by molar-refractivity contribution is 5.35. The number of aliphatic hydroxyl groups is 1. The van der Waals surface area contributed by atoms with Gasteiger partial charge < -0.3 is 10.4 Å². The fourth-order valence-corrected chi connectivity index (χ4v) is 1.66. The maximum Gasteiger partial charge on any atom is 0.269 e. The van der Waals surface area contributed by atoms with Crippen molar-refractivity contribution in [2.45, 2.75) is 32.4 Å². The van der Waals surface area contributed by atoms with Crippen molar-refractivity contribution in [3.8, 4) is 0 Å². The second-order valence-electron chi connectivity index (χ2n) is 4.03. The molecule has 0 bridgehead atoms. The van der Waals surface area contributed by atoms with Gasteiger partial charge in [-0.25, -0.2) is 0 Å². The molecule has 0 saturated carbocycles. The van der Waals surface area contributed by atoms with E-state index in [0.717, 1.165) is 12.0 Å². The lowest BCUT2D eigenvalue weighted by atomic mass is 10.1. The van der Waals surface area contributed by atoms with Crippen molar-refractivity contribution < 1.29 is 10.0 Å². The van der Waals surface area contributed by atoms with Crippen LogP contribution < -0.4 is 5.32 Å². The predicted molar refractivity (Wildman–Crippen MR) is 65.8 cm³/mol. The smallest absolute Gasteiger partial charge is 0.269 e. The fraction of sp³-hybridized carbons (Fsp3) is 0.500. The average molecular weight is 238 g/mol. The van der Waals surface area contributed by atoms with Gasteiger partial charge in [0.05, 0.1) is 11.5 Å². The molecule has 2 atom stereocenters. The summed E-state index contributed by atoms with van der Waals surface area (Å²) < 4.78 is 0. The molecule has 5 heteroatoms. The first kappa shape index (κ1) is 13.6. The van der Waals surface area contributed by atoms with Gasteiger partial charge in [-0.3, -0.25) is 10.1 Å². The van der Waals surface area contributed by atoms with Crippen LogP contribution in [0.2, 0.25) is 0 Å². The Hall–Kier alpha value is -1.46. The van der Waals surface area contributed by atoms with Gasteiger partial charge in [-0.15, -0.1) is 0 Å². The van der Waals surface area contributed by atoms with Crippen molar-refractivity contribution >= 4 is 5.69 Å². The Morgan fingerprint density at radius 3 is 2.76 bits per heavy atom. The SMILES string of the molecule is CC[C@@H](CO)NC(C)c1cccc([N+](=O)[O-])c1. The van der Waals surface area contributed by atoms with Gasteiger partial charge in [-0.05, 0) is 18.9 Å². The van der Waals surface area contributed by atoms with Gasteiger partial charge >= 0.3 is 0 Å². The molecule has 0 aliphatic heterocycles. The second kappa shape index (κ2) is 6.32. The van der Waals surface area contributed by atoms with E-state index >= 15 is 0 Å². The Bertz CT molecular complexity index is 378. The molecule has 2 N–H and O–H groups in total. The lowest BCUT2D eigenvalue weighted by Gasteiger charge is -2.20. The van der Waals surface area contributed by atoms with E-state index in [0.29, 0.717) is 0 Å². The molecular formula is C12H18N2O3. The van der Waals surface area contributed by atoms with E-state index in [4.69, 9.17) is 5.11 Å². The molecule has 0 amide bonds.